The van der Waals surface area contributed by atoms with Gasteiger partial charge in [-0.15, -0.1) is 0 Å². The number of nitrogens with zero attached hydrogens (tertiary/aromatic N) is 2. The number of morpholine rings is 1. The molecule has 0 radical (unpaired) electrons. The third-order valence-corrected chi connectivity index (χ3v) is 9.46. The van der Waals surface area contributed by atoms with E-state index >= 15 is 0 Å². The van der Waals surface area contributed by atoms with Crippen molar-refractivity contribution in [2.75, 3.05) is 37.7 Å². The second kappa shape index (κ2) is 15.0. The molecule has 1 saturated carbocycles. The Morgan fingerprint density at radius 2 is 1.70 bits per heavy atom. The molecule has 0 atom stereocenters. The van der Waals surface area contributed by atoms with Crippen LogP contribution in [0, 0.1) is 20.8 Å². The Morgan fingerprint density at radius 1 is 1.00 bits per heavy atom. The molecule has 2 aliphatic rings. The molecule has 2 heterocycles. The monoisotopic (exact) mass is 629 g/mol. The quantitative estimate of drug-likeness (QED) is 0.245. The van der Waals surface area contributed by atoms with Gasteiger partial charge in [0.2, 0.25) is 0 Å². The van der Waals surface area contributed by atoms with Gasteiger partial charge in [-0.2, -0.15) is 0 Å². The molecule has 1 aromatic heterocycles. The summed E-state index contributed by atoms with van der Waals surface area (Å²) in [4.78, 5) is 45.3. The van der Waals surface area contributed by atoms with Crippen molar-refractivity contribution in [3.63, 3.8) is 0 Å². The lowest BCUT2D eigenvalue weighted by molar-refractivity contribution is 0.0342. The predicted octanol–water partition coefficient (Wildman–Crippen LogP) is 5.13. The number of aromatic nitrogens is 1. The fourth-order valence-electron chi connectivity index (χ4n) is 6.92. The lowest BCUT2D eigenvalue weighted by Crippen LogP contribution is -2.44. The normalized spacial score (nSPS) is 18.6. The molecule has 2 fully saturated rings. The van der Waals surface area contributed by atoms with Crippen molar-refractivity contribution in [2.24, 2.45) is 0 Å². The Morgan fingerprint density at radius 3 is 2.33 bits per heavy atom. The number of ether oxygens (including phenoxy) is 1. The van der Waals surface area contributed by atoms with Crippen LogP contribution in [0.5, 0.6) is 0 Å². The molecule has 1 aliphatic carbocycles. The fraction of sp³-hybridized carbons (Fsp3) is 0.472. The van der Waals surface area contributed by atoms with Crippen LogP contribution < -0.4 is 21.1 Å². The standard InChI is InChI=1S/C36H47N5O5/c1-5-41(30-12-10-29(11-13-30)39-36(44)45)33-20-28(27-8-6-26(7-9-27)22-40-14-16-46-17-15-40)19-31(25(33)4)34(42)37-21-32-23(2)18-24(3)38-35(32)43/h6-9,18-20,29-30,39H,5,10-17,21-22H2,1-4H3,(H,37,42)(H,38,43)(H,44,45)/t29-,30-. The highest BCUT2D eigenvalue weighted by molar-refractivity contribution is 5.99. The summed E-state index contributed by atoms with van der Waals surface area (Å²) in [5.74, 6) is -0.227. The molecule has 5 rings (SSSR count). The number of rotatable bonds is 10. The van der Waals surface area contributed by atoms with E-state index in [0.717, 1.165) is 98.7 Å². The van der Waals surface area contributed by atoms with Crippen LogP contribution in [-0.4, -0.2) is 71.9 Å². The van der Waals surface area contributed by atoms with E-state index < -0.39 is 6.09 Å². The number of carbonyl (C=O) groups excluding carboxylic acids is 1. The topological polar surface area (TPSA) is 127 Å². The number of aryl methyl sites for hydroxylation is 2. The molecule has 10 heteroatoms. The van der Waals surface area contributed by atoms with Crippen molar-refractivity contribution in [3.8, 4) is 11.1 Å². The van der Waals surface area contributed by atoms with Gasteiger partial charge < -0.3 is 30.4 Å². The second-order valence-electron chi connectivity index (χ2n) is 12.6. The fourth-order valence-corrected chi connectivity index (χ4v) is 6.92. The van der Waals surface area contributed by atoms with Crippen LogP contribution >= 0.6 is 0 Å². The first-order valence-corrected chi connectivity index (χ1v) is 16.4. The lowest BCUT2D eigenvalue weighted by atomic mass is 9.88. The number of aromatic amines is 1. The van der Waals surface area contributed by atoms with Gasteiger partial charge in [0.25, 0.3) is 11.5 Å². The first-order valence-electron chi connectivity index (χ1n) is 16.4. The maximum Gasteiger partial charge on any atom is 0.404 e. The number of amides is 2. The third-order valence-electron chi connectivity index (χ3n) is 9.46. The first kappa shape index (κ1) is 33.2. The number of benzene rings is 2. The Labute approximate surface area is 271 Å². The maximum atomic E-state index is 13.9. The van der Waals surface area contributed by atoms with Gasteiger partial charge in [0, 0.05) is 67.3 Å². The molecule has 4 N–H and O–H groups in total. The van der Waals surface area contributed by atoms with Crippen molar-refractivity contribution >= 4 is 17.7 Å². The largest absolute Gasteiger partial charge is 0.465 e. The van der Waals surface area contributed by atoms with Crippen LogP contribution in [0.15, 0.2) is 47.3 Å². The van der Waals surface area contributed by atoms with Crippen LogP contribution in [-0.2, 0) is 17.8 Å². The van der Waals surface area contributed by atoms with Crippen molar-refractivity contribution < 1.29 is 19.4 Å². The van der Waals surface area contributed by atoms with Crippen molar-refractivity contribution in [2.45, 2.75) is 78.6 Å². The van der Waals surface area contributed by atoms with Crippen LogP contribution in [0.3, 0.4) is 0 Å². The van der Waals surface area contributed by atoms with Crippen molar-refractivity contribution in [1.82, 2.24) is 20.5 Å². The van der Waals surface area contributed by atoms with Crippen molar-refractivity contribution in [1.29, 1.82) is 0 Å². The van der Waals surface area contributed by atoms with Crippen molar-refractivity contribution in [3.05, 3.63) is 86.3 Å². The highest BCUT2D eigenvalue weighted by atomic mass is 16.5. The van der Waals surface area contributed by atoms with Gasteiger partial charge in [0.05, 0.1) is 13.2 Å². The Bertz CT molecular complexity index is 1590. The lowest BCUT2D eigenvalue weighted by Gasteiger charge is -2.39. The molecule has 1 saturated heterocycles. The molecule has 46 heavy (non-hydrogen) atoms. The zero-order valence-corrected chi connectivity index (χ0v) is 27.4. The summed E-state index contributed by atoms with van der Waals surface area (Å²) in [5.41, 5.74) is 7.66. The molecule has 0 unspecified atom stereocenters. The molecule has 10 nitrogen and oxygen atoms in total. The summed E-state index contributed by atoms with van der Waals surface area (Å²) in [6.45, 7) is 13.0. The van der Waals surface area contributed by atoms with Crippen LogP contribution in [0.2, 0.25) is 0 Å². The Hall–Kier alpha value is -4.15. The smallest absolute Gasteiger partial charge is 0.404 e. The first-order chi connectivity index (χ1) is 22.1. The average molecular weight is 630 g/mol. The van der Waals surface area contributed by atoms with E-state index in [2.05, 4.69) is 62.7 Å². The summed E-state index contributed by atoms with van der Waals surface area (Å²) < 4.78 is 5.50. The number of hydrogen-bond donors (Lipinski definition) is 4. The van der Waals surface area contributed by atoms with E-state index in [1.54, 1.807) is 0 Å². The van der Waals surface area contributed by atoms with Gasteiger partial charge in [0.15, 0.2) is 0 Å². The minimum absolute atomic E-state index is 0.0365. The molecular weight excluding hydrogens is 582 g/mol. The zero-order chi connectivity index (χ0) is 32.8. The minimum Gasteiger partial charge on any atom is -0.465 e. The molecule has 0 spiro atoms. The average Bonchev–Trinajstić information content (AvgIpc) is 3.03. The number of H-pyrrole nitrogens is 1. The summed E-state index contributed by atoms with van der Waals surface area (Å²) in [7, 11) is 0. The van der Waals surface area contributed by atoms with Crippen LogP contribution in [0.1, 0.15) is 70.9 Å². The zero-order valence-electron chi connectivity index (χ0n) is 27.4. The van der Waals surface area contributed by atoms with Gasteiger partial charge in [-0.3, -0.25) is 14.5 Å². The van der Waals surface area contributed by atoms with E-state index in [1.165, 1.54) is 5.56 Å². The minimum atomic E-state index is -0.978. The maximum absolute atomic E-state index is 13.9. The molecule has 1 aliphatic heterocycles. The molecule has 0 bridgehead atoms. The van der Waals surface area contributed by atoms with E-state index in [-0.39, 0.29) is 30.1 Å². The highest BCUT2D eigenvalue weighted by Gasteiger charge is 2.28. The summed E-state index contributed by atoms with van der Waals surface area (Å²) in [5, 5.41) is 14.9. The van der Waals surface area contributed by atoms with E-state index in [0.29, 0.717) is 11.1 Å². The number of carboxylic acid groups (broad SMARTS) is 1. The number of pyridine rings is 1. The van der Waals surface area contributed by atoms with Gasteiger partial charge in [-0.1, -0.05) is 24.3 Å². The predicted molar refractivity (Wildman–Crippen MR) is 181 cm³/mol. The third kappa shape index (κ3) is 7.97. The molecular formula is C36H47N5O5. The number of hydrogen-bond acceptors (Lipinski definition) is 6. The van der Waals surface area contributed by atoms with Crippen LogP contribution in [0.25, 0.3) is 11.1 Å². The SMILES string of the molecule is CCN(c1cc(-c2ccc(CN3CCOCC3)cc2)cc(C(=O)NCc2c(C)cc(C)[nH]c2=O)c1C)[C@H]1CC[C@H](NC(=O)O)CC1. The van der Waals surface area contributed by atoms with Crippen LogP contribution in [0.4, 0.5) is 10.5 Å². The van der Waals surface area contributed by atoms with Gasteiger partial charge >= 0.3 is 6.09 Å². The number of carbonyl (C=O) groups is 2. The molecule has 3 aromatic rings. The van der Waals surface area contributed by atoms with Gasteiger partial charge in [-0.05, 0) is 99.4 Å². The Kier molecular flexibility index (Phi) is 10.8. The number of anilines is 1. The second-order valence-corrected chi connectivity index (χ2v) is 12.6. The van der Waals surface area contributed by atoms with E-state index in [1.807, 2.05) is 32.9 Å². The highest BCUT2D eigenvalue weighted by Crippen LogP contribution is 2.35. The summed E-state index contributed by atoms with van der Waals surface area (Å²) in [6.07, 6.45) is 2.28. The molecule has 2 amide bonds. The molecule has 246 valence electrons. The summed E-state index contributed by atoms with van der Waals surface area (Å²) >= 11 is 0. The Balaban J connectivity index is 1.45. The number of nitrogens with one attached hydrogen (secondary N) is 3. The van der Waals surface area contributed by atoms with E-state index in [4.69, 9.17) is 4.74 Å². The van der Waals surface area contributed by atoms with Gasteiger partial charge in [0.1, 0.15) is 0 Å². The van der Waals surface area contributed by atoms with E-state index in [9.17, 15) is 19.5 Å². The molecule has 2 aromatic carbocycles. The van der Waals surface area contributed by atoms with Gasteiger partial charge in [-0.25, -0.2) is 4.79 Å². The summed E-state index contributed by atoms with van der Waals surface area (Å²) in [6, 6.07) is 14.8.